The Kier molecular flexibility index (Phi) is 4.50. The number of hydrogen-bond donors (Lipinski definition) is 2. The molecule has 1 aliphatic carbocycles. The monoisotopic (exact) mass is 221 g/mol. The van der Waals surface area contributed by atoms with Crippen molar-refractivity contribution < 1.29 is 9.90 Å². The molecule has 0 heterocycles. The van der Waals surface area contributed by atoms with Gasteiger partial charge in [0, 0.05) is 0 Å². The maximum Gasteiger partial charge on any atom is 0.312 e. The molecule has 2 atom stereocenters. The summed E-state index contributed by atoms with van der Waals surface area (Å²) in [6.07, 6.45) is 13.6. The lowest BCUT2D eigenvalue weighted by atomic mass is 9.78. The van der Waals surface area contributed by atoms with E-state index in [1.54, 1.807) is 18.2 Å². The molecule has 0 saturated heterocycles. The maximum atomic E-state index is 11.1. The number of aliphatic carboxylic acids is 1. The highest BCUT2D eigenvalue weighted by Gasteiger charge is 2.36. The topological polar surface area (TPSA) is 63.3 Å². The van der Waals surface area contributed by atoms with Crippen LogP contribution in [0.5, 0.6) is 0 Å². The van der Waals surface area contributed by atoms with Crippen molar-refractivity contribution in [1.29, 1.82) is 0 Å². The summed E-state index contributed by atoms with van der Waals surface area (Å²) in [4.78, 5) is 11.1. The molecule has 0 saturated carbocycles. The Bertz CT molecular complexity index is 331. The van der Waals surface area contributed by atoms with E-state index in [1.807, 2.05) is 6.08 Å². The molecular formula is C13H19NO2. The first-order valence-corrected chi connectivity index (χ1v) is 5.63. The van der Waals surface area contributed by atoms with Gasteiger partial charge >= 0.3 is 5.97 Å². The molecule has 0 bridgehead atoms. The third-order valence-corrected chi connectivity index (χ3v) is 2.81. The molecule has 1 aliphatic rings. The van der Waals surface area contributed by atoms with Crippen LogP contribution in [-0.2, 0) is 4.79 Å². The van der Waals surface area contributed by atoms with Gasteiger partial charge in [-0.25, -0.2) is 0 Å². The van der Waals surface area contributed by atoms with Crippen LogP contribution in [-0.4, -0.2) is 16.6 Å². The fraction of sp³-hybridized carbons (Fsp3) is 0.462. The van der Waals surface area contributed by atoms with Gasteiger partial charge in [0.25, 0.3) is 0 Å². The van der Waals surface area contributed by atoms with Crippen molar-refractivity contribution in [1.82, 2.24) is 0 Å². The van der Waals surface area contributed by atoms with Crippen molar-refractivity contribution in [3.63, 3.8) is 0 Å². The Balaban J connectivity index is 2.65. The molecule has 88 valence electrons. The zero-order valence-corrected chi connectivity index (χ0v) is 9.60. The Morgan fingerprint density at radius 1 is 1.50 bits per heavy atom. The molecule has 3 heteroatoms. The molecule has 3 N–H and O–H groups in total. The minimum Gasteiger partial charge on any atom is -0.481 e. The highest BCUT2D eigenvalue weighted by molar-refractivity contribution is 5.75. The summed E-state index contributed by atoms with van der Waals surface area (Å²) in [6, 6.07) is 0. The summed E-state index contributed by atoms with van der Waals surface area (Å²) in [5, 5.41) is 9.09. The normalized spacial score (nSPS) is 28.8. The number of carboxylic acid groups (broad SMARTS) is 1. The molecule has 0 fully saturated rings. The van der Waals surface area contributed by atoms with Crippen LogP contribution in [0.2, 0.25) is 0 Å². The highest BCUT2D eigenvalue weighted by Crippen LogP contribution is 2.27. The van der Waals surface area contributed by atoms with Gasteiger partial charge in [0.1, 0.15) is 0 Å². The molecule has 0 amide bonds. The van der Waals surface area contributed by atoms with Gasteiger partial charge in [-0.3, -0.25) is 4.79 Å². The van der Waals surface area contributed by atoms with Crippen molar-refractivity contribution in [2.45, 2.75) is 31.7 Å². The number of carboxylic acids is 1. The van der Waals surface area contributed by atoms with Crippen LogP contribution in [0.15, 0.2) is 36.5 Å². The highest BCUT2D eigenvalue weighted by atomic mass is 16.4. The zero-order chi connectivity index (χ0) is 12.0. The number of nitrogens with two attached hydrogens (primary N) is 1. The first-order valence-electron chi connectivity index (χ1n) is 5.63. The van der Waals surface area contributed by atoms with Crippen molar-refractivity contribution >= 4 is 5.97 Å². The van der Waals surface area contributed by atoms with E-state index in [0.717, 1.165) is 12.8 Å². The van der Waals surface area contributed by atoms with Crippen LogP contribution < -0.4 is 5.73 Å². The van der Waals surface area contributed by atoms with Crippen molar-refractivity contribution in [2.24, 2.45) is 11.7 Å². The lowest BCUT2D eigenvalue weighted by Gasteiger charge is -2.32. The third kappa shape index (κ3) is 3.07. The van der Waals surface area contributed by atoms with Crippen LogP contribution in [0.4, 0.5) is 0 Å². The average Bonchev–Trinajstić information content (AvgIpc) is 2.25. The van der Waals surface area contributed by atoms with Gasteiger partial charge < -0.3 is 10.8 Å². The lowest BCUT2D eigenvalue weighted by Crippen LogP contribution is -2.48. The third-order valence-electron chi connectivity index (χ3n) is 2.81. The molecule has 0 aromatic rings. The van der Waals surface area contributed by atoms with Gasteiger partial charge in [0.2, 0.25) is 0 Å². The second-order valence-electron chi connectivity index (χ2n) is 4.09. The quantitative estimate of drug-likeness (QED) is 0.700. The minimum atomic E-state index is -0.859. The van der Waals surface area contributed by atoms with Crippen LogP contribution in [0.3, 0.4) is 0 Å². The van der Waals surface area contributed by atoms with Crippen LogP contribution in [0, 0.1) is 5.92 Å². The summed E-state index contributed by atoms with van der Waals surface area (Å²) in [6.45, 7) is 2.07. The molecule has 2 unspecified atom stereocenters. The van der Waals surface area contributed by atoms with Gasteiger partial charge in [-0.15, -0.1) is 0 Å². The molecule has 3 nitrogen and oxygen atoms in total. The van der Waals surface area contributed by atoms with Gasteiger partial charge in [0.05, 0.1) is 11.5 Å². The smallest absolute Gasteiger partial charge is 0.312 e. The lowest BCUT2D eigenvalue weighted by molar-refractivity contribution is -0.141. The largest absolute Gasteiger partial charge is 0.481 e. The zero-order valence-electron chi connectivity index (χ0n) is 9.60. The van der Waals surface area contributed by atoms with Crippen molar-refractivity contribution in [3.8, 4) is 0 Å². The van der Waals surface area contributed by atoms with Gasteiger partial charge in [-0.2, -0.15) is 0 Å². The standard InChI is InChI=1S/C13H19NO2/c1-2-3-4-6-9-13(14)10-7-5-8-11(13)12(15)16/h3-5,7-8,10-11H,2,6,9,14H2,1H3,(H,15,16)/b4-3-. The molecule has 0 radical (unpaired) electrons. The van der Waals surface area contributed by atoms with Gasteiger partial charge in [0.15, 0.2) is 0 Å². The Morgan fingerprint density at radius 3 is 2.88 bits per heavy atom. The van der Waals surface area contributed by atoms with E-state index in [-0.39, 0.29) is 0 Å². The molecule has 0 aromatic carbocycles. The average molecular weight is 221 g/mol. The van der Waals surface area contributed by atoms with E-state index < -0.39 is 17.4 Å². The summed E-state index contributed by atoms with van der Waals surface area (Å²) in [5.41, 5.74) is 5.38. The van der Waals surface area contributed by atoms with E-state index in [4.69, 9.17) is 10.8 Å². The summed E-state index contributed by atoms with van der Waals surface area (Å²) >= 11 is 0. The number of rotatable bonds is 5. The molecule has 1 rings (SSSR count). The van der Waals surface area contributed by atoms with Gasteiger partial charge in [-0.05, 0) is 19.3 Å². The first kappa shape index (κ1) is 12.7. The van der Waals surface area contributed by atoms with Crippen LogP contribution in [0.25, 0.3) is 0 Å². The first-order chi connectivity index (χ1) is 7.60. The van der Waals surface area contributed by atoms with Crippen LogP contribution >= 0.6 is 0 Å². The van der Waals surface area contributed by atoms with Crippen molar-refractivity contribution in [2.75, 3.05) is 0 Å². The molecule has 0 aliphatic heterocycles. The second kappa shape index (κ2) is 5.66. The molecule has 0 spiro atoms. The SMILES string of the molecule is CC/C=C\CCC1(N)C=CC=CC1C(=O)O. The van der Waals surface area contributed by atoms with Gasteiger partial charge in [-0.1, -0.05) is 43.4 Å². The summed E-state index contributed by atoms with van der Waals surface area (Å²) in [7, 11) is 0. The Hall–Kier alpha value is -1.35. The van der Waals surface area contributed by atoms with E-state index in [2.05, 4.69) is 19.1 Å². The predicted octanol–water partition coefficient (Wildman–Crippen LogP) is 2.26. The molecule has 0 aromatic heterocycles. The summed E-state index contributed by atoms with van der Waals surface area (Å²) in [5.74, 6) is -1.48. The van der Waals surface area contributed by atoms with E-state index in [9.17, 15) is 4.79 Å². The minimum absolute atomic E-state index is 0.618. The summed E-state index contributed by atoms with van der Waals surface area (Å²) < 4.78 is 0. The molecule has 16 heavy (non-hydrogen) atoms. The predicted molar refractivity (Wildman–Crippen MR) is 65.0 cm³/mol. The van der Waals surface area contributed by atoms with Crippen molar-refractivity contribution in [3.05, 3.63) is 36.5 Å². The number of allylic oxidation sites excluding steroid dienone is 4. The van der Waals surface area contributed by atoms with E-state index >= 15 is 0 Å². The number of hydrogen-bond acceptors (Lipinski definition) is 2. The van der Waals surface area contributed by atoms with Crippen LogP contribution in [0.1, 0.15) is 26.2 Å². The van der Waals surface area contributed by atoms with E-state index in [0.29, 0.717) is 6.42 Å². The fourth-order valence-corrected chi connectivity index (χ4v) is 1.86. The second-order valence-corrected chi connectivity index (χ2v) is 4.09. The Labute approximate surface area is 96.3 Å². The fourth-order valence-electron chi connectivity index (χ4n) is 1.86. The number of carbonyl (C=O) groups is 1. The maximum absolute atomic E-state index is 11.1. The Morgan fingerprint density at radius 2 is 2.25 bits per heavy atom. The molecular weight excluding hydrogens is 202 g/mol. The van der Waals surface area contributed by atoms with E-state index in [1.165, 1.54) is 0 Å².